The summed E-state index contributed by atoms with van der Waals surface area (Å²) in [5, 5.41) is 0. The van der Waals surface area contributed by atoms with Crippen LogP contribution in [0.15, 0.2) is 18.3 Å². The minimum absolute atomic E-state index is 0. The van der Waals surface area contributed by atoms with Crippen LogP contribution in [0.3, 0.4) is 0 Å². The van der Waals surface area contributed by atoms with Crippen molar-refractivity contribution in [1.82, 2.24) is 4.98 Å². The number of aromatic nitrogens is 1. The van der Waals surface area contributed by atoms with E-state index in [2.05, 4.69) is 4.98 Å². The Kier molecular flexibility index (Phi) is 8.19. The van der Waals surface area contributed by atoms with Gasteiger partial charge in [0.2, 0.25) is 11.8 Å². The minimum atomic E-state index is -0.481. The molecule has 4 nitrogen and oxygen atoms in total. The Labute approximate surface area is 94.7 Å². The quantitative estimate of drug-likeness (QED) is 0.867. The van der Waals surface area contributed by atoms with Crippen molar-refractivity contribution in [2.24, 2.45) is 5.73 Å². The summed E-state index contributed by atoms with van der Waals surface area (Å²) in [5.41, 5.74) is 5.41. The molecule has 0 bridgehead atoms. The number of pyridine rings is 1. The molecule has 0 aromatic carbocycles. The predicted octanol–water partition coefficient (Wildman–Crippen LogP) is 1.42. The van der Waals surface area contributed by atoms with E-state index in [4.69, 9.17) is 10.5 Å². The Bertz CT molecular complexity index is 277. The molecule has 2 N–H and O–H groups in total. The Morgan fingerprint density at radius 2 is 2.14 bits per heavy atom. The van der Waals surface area contributed by atoms with E-state index >= 15 is 0 Å². The van der Waals surface area contributed by atoms with Crippen LogP contribution in [0.1, 0.15) is 17.3 Å². The summed E-state index contributed by atoms with van der Waals surface area (Å²) in [5.74, 6) is 0.0213. The SMILES string of the molecule is CCOc1ccc(C(N)=O)cn1.Cl.Cl. The van der Waals surface area contributed by atoms with Crippen LogP contribution < -0.4 is 10.5 Å². The molecule has 0 aliphatic heterocycles. The normalized spacial score (nSPS) is 8.07. The zero-order valence-corrected chi connectivity index (χ0v) is 9.23. The Balaban J connectivity index is 0. The van der Waals surface area contributed by atoms with E-state index in [0.29, 0.717) is 18.1 Å². The van der Waals surface area contributed by atoms with Gasteiger partial charge in [0.25, 0.3) is 0 Å². The lowest BCUT2D eigenvalue weighted by atomic mass is 10.3. The van der Waals surface area contributed by atoms with Gasteiger partial charge in [-0.2, -0.15) is 0 Å². The first kappa shape index (κ1) is 15.5. The maximum atomic E-state index is 10.6. The van der Waals surface area contributed by atoms with Crippen molar-refractivity contribution in [3.05, 3.63) is 23.9 Å². The largest absolute Gasteiger partial charge is 0.478 e. The summed E-state index contributed by atoms with van der Waals surface area (Å²) < 4.78 is 5.08. The molecule has 0 unspecified atom stereocenters. The molecular formula is C8H12Cl2N2O2. The van der Waals surface area contributed by atoms with Crippen molar-refractivity contribution in [2.45, 2.75) is 6.92 Å². The third kappa shape index (κ3) is 4.30. The predicted molar refractivity (Wildman–Crippen MR) is 58.4 cm³/mol. The third-order valence-corrected chi connectivity index (χ3v) is 1.31. The van der Waals surface area contributed by atoms with Gasteiger partial charge in [0.1, 0.15) is 0 Å². The molecule has 1 aromatic heterocycles. The molecule has 0 radical (unpaired) electrons. The number of primary amides is 1. The molecule has 0 aliphatic rings. The molecule has 1 heterocycles. The summed E-state index contributed by atoms with van der Waals surface area (Å²) in [6, 6.07) is 3.20. The van der Waals surface area contributed by atoms with Gasteiger partial charge in [-0.25, -0.2) is 4.98 Å². The second-order valence-electron chi connectivity index (χ2n) is 2.18. The topological polar surface area (TPSA) is 65.2 Å². The summed E-state index contributed by atoms with van der Waals surface area (Å²) in [7, 11) is 0. The third-order valence-electron chi connectivity index (χ3n) is 1.31. The zero-order valence-electron chi connectivity index (χ0n) is 7.60. The second-order valence-corrected chi connectivity index (χ2v) is 2.18. The maximum absolute atomic E-state index is 10.6. The number of carbonyl (C=O) groups is 1. The summed E-state index contributed by atoms with van der Waals surface area (Å²) >= 11 is 0. The summed E-state index contributed by atoms with van der Waals surface area (Å²) in [6.45, 7) is 2.42. The Hall–Kier alpha value is -1.000. The zero-order chi connectivity index (χ0) is 8.97. The van der Waals surface area contributed by atoms with E-state index in [1.54, 1.807) is 12.1 Å². The monoisotopic (exact) mass is 238 g/mol. The molecule has 1 rings (SSSR count). The van der Waals surface area contributed by atoms with Crippen LogP contribution >= 0.6 is 24.8 Å². The smallest absolute Gasteiger partial charge is 0.250 e. The highest BCUT2D eigenvalue weighted by atomic mass is 35.5. The van der Waals surface area contributed by atoms with Crippen LogP contribution in [0, 0.1) is 0 Å². The first-order valence-electron chi connectivity index (χ1n) is 3.62. The average molecular weight is 239 g/mol. The van der Waals surface area contributed by atoms with Gasteiger partial charge in [0, 0.05) is 12.3 Å². The van der Waals surface area contributed by atoms with Crippen LogP contribution in [0.25, 0.3) is 0 Å². The molecule has 0 spiro atoms. The molecule has 0 fully saturated rings. The van der Waals surface area contributed by atoms with Crippen LogP contribution in [0.5, 0.6) is 5.88 Å². The number of rotatable bonds is 3. The average Bonchev–Trinajstić information content (AvgIpc) is 2.06. The van der Waals surface area contributed by atoms with Crippen molar-refractivity contribution in [1.29, 1.82) is 0 Å². The highest BCUT2D eigenvalue weighted by Gasteiger charge is 2.00. The molecule has 0 aliphatic carbocycles. The number of amides is 1. The van der Waals surface area contributed by atoms with Crippen molar-refractivity contribution in [3.8, 4) is 5.88 Å². The van der Waals surface area contributed by atoms with Crippen LogP contribution in [0.4, 0.5) is 0 Å². The van der Waals surface area contributed by atoms with E-state index in [0.717, 1.165) is 0 Å². The lowest BCUT2D eigenvalue weighted by Gasteiger charge is -2.00. The summed E-state index contributed by atoms with van der Waals surface area (Å²) in [6.07, 6.45) is 1.40. The highest BCUT2D eigenvalue weighted by Crippen LogP contribution is 2.06. The van der Waals surface area contributed by atoms with Crippen LogP contribution in [0.2, 0.25) is 0 Å². The number of hydrogen-bond donors (Lipinski definition) is 1. The fourth-order valence-corrected chi connectivity index (χ4v) is 0.759. The van der Waals surface area contributed by atoms with Crippen LogP contribution in [-0.4, -0.2) is 17.5 Å². The Morgan fingerprint density at radius 1 is 1.50 bits per heavy atom. The van der Waals surface area contributed by atoms with E-state index in [9.17, 15) is 4.79 Å². The van der Waals surface area contributed by atoms with E-state index in [1.807, 2.05) is 6.92 Å². The lowest BCUT2D eigenvalue weighted by Crippen LogP contribution is -2.11. The fourth-order valence-electron chi connectivity index (χ4n) is 0.759. The number of carbonyl (C=O) groups excluding carboxylic acids is 1. The number of nitrogens with zero attached hydrogens (tertiary/aromatic N) is 1. The van der Waals surface area contributed by atoms with Crippen molar-refractivity contribution < 1.29 is 9.53 Å². The van der Waals surface area contributed by atoms with Gasteiger partial charge in [-0.3, -0.25) is 4.79 Å². The molecular weight excluding hydrogens is 227 g/mol. The maximum Gasteiger partial charge on any atom is 0.250 e. The number of nitrogens with two attached hydrogens (primary N) is 1. The van der Waals surface area contributed by atoms with E-state index < -0.39 is 5.91 Å². The van der Waals surface area contributed by atoms with Gasteiger partial charge < -0.3 is 10.5 Å². The van der Waals surface area contributed by atoms with Gasteiger partial charge in [-0.15, -0.1) is 24.8 Å². The summed E-state index contributed by atoms with van der Waals surface area (Å²) in [4.78, 5) is 14.5. The van der Waals surface area contributed by atoms with Crippen LogP contribution in [-0.2, 0) is 0 Å². The number of halogens is 2. The molecule has 1 amide bonds. The highest BCUT2D eigenvalue weighted by molar-refractivity contribution is 5.92. The van der Waals surface area contributed by atoms with Gasteiger partial charge >= 0.3 is 0 Å². The fraction of sp³-hybridized carbons (Fsp3) is 0.250. The molecule has 0 saturated heterocycles. The van der Waals surface area contributed by atoms with Gasteiger partial charge in [-0.1, -0.05) is 0 Å². The molecule has 6 heteroatoms. The minimum Gasteiger partial charge on any atom is -0.478 e. The van der Waals surface area contributed by atoms with Crippen molar-refractivity contribution in [3.63, 3.8) is 0 Å². The molecule has 0 atom stereocenters. The molecule has 80 valence electrons. The second kappa shape index (κ2) is 7.41. The lowest BCUT2D eigenvalue weighted by molar-refractivity contribution is 0.1000. The van der Waals surface area contributed by atoms with E-state index in [-0.39, 0.29) is 24.8 Å². The van der Waals surface area contributed by atoms with Crippen molar-refractivity contribution >= 4 is 30.7 Å². The first-order valence-corrected chi connectivity index (χ1v) is 3.62. The molecule has 14 heavy (non-hydrogen) atoms. The van der Waals surface area contributed by atoms with Crippen molar-refractivity contribution in [2.75, 3.05) is 6.61 Å². The van der Waals surface area contributed by atoms with E-state index in [1.165, 1.54) is 6.20 Å². The number of ether oxygens (including phenoxy) is 1. The first-order chi connectivity index (χ1) is 5.74. The molecule has 1 aromatic rings. The van der Waals surface area contributed by atoms with Gasteiger partial charge in [-0.05, 0) is 13.0 Å². The van der Waals surface area contributed by atoms with Gasteiger partial charge in [0.15, 0.2) is 0 Å². The van der Waals surface area contributed by atoms with Gasteiger partial charge in [0.05, 0.1) is 12.2 Å². The Morgan fingerprint density at radius 3 is 2.50 bits per heavy atom. The number of hydrogen-bond acceptors (Lipinski definition) is 3. The molecule has 0 saturated carbocycles. The standard InChI is InChI=1S/C8H10N2O2.2ClH/c1-2-12-7-4-3-6(5-10-7)8(9)11;;/h3-5H,2H2,1H3,(H2,9,11);2*1H.